The van der Waals surface area contributed by atoms with Crippen LogP contribution in [0.2, 0.25) is 0 Å². The Morgan fingerprint density at radius 3 is 2.62 bits per heavy atom. The minimum atomic E-state index is -0.861. The first-order valence-electron chi connectivity index (χ1n) is 8.76. The third-order valence-corrected chi connectivity index (χ3v) is 4.17. The smallest absolute Gasteiger partial charge is 0.329 e. The summed E-state index contributed by atoms with van der Waals surface area (Å²) in [5.41, 5.74) is 0.0475. The van der Waals surface area contributed by atoms with Crippen LogP contribution in [0.4, 0.5) is 11.4 Å². The summed E-state index contributed by atoms with van der Waals surface area (Å²) in [6.45, 7) is 7.58. The van der Waals surface area contributed by atoms with Gasteiger partial charge < -0.3 is 9.47 Å². The number of ether oxygens (including phenoxy) is 2. The molecule has 1 aromatic rings. The van der Waals surface area contributed by atoms with E-state index in [1.165, 1.54) is 23.1 Å². The van der Waals surface area contributed by atoms with Gasteiger partial charge in [-0.1, -0.05) is 27.7 Å². The molecule has 0 spiro atoms. The quantitative estimate of drug-likeness (QED) is 0.419. The molecule has 1 aliphatic heterocycles. The fraction of sp³-hybridized carbons (Fsp3) is 0.556. The van der Waals surface area contributed by atoms with Crippen LogP contribution in [0.15, 0.2) is 18.2 Å². The highest BCUT2D eigenvalue weighted by molar-refractivity contribution is 6.05. The van der Waals surface area contributed by atoms with Gasteiger partial charge in [0, 0.05) is 12.1 Å². The standard InChI is InChI=1S/C18H24N2O6/c1-5-9-25-18(22)13(6-2)19-14-10-12(20(23)24)7-8-15(14)26-16(11(3)4)17(19)21/h7-8,10-11,13,16H,5-6,9H2,1-4H3. The van der Waals surface area contributed by atoms with E-state index in [0.717, 1.165) is 0 Å². The van der Waals surface area contributed by atoms with Gasteiger partial charge in [-0.15, -0.1) is 0 Å². The van der Waals surface area contributed by atoms with Crippen molar-refractivity contribution in [3.05, 3.63) is 28.3 Å². The molecule has 142 valence electrons. The van der Waals surface area contributed by atoms with Gasteiger partial charge in [-0.25, -0.2) is 4.79 Å². The molecule has 2 atom stereocenters. The fourth-order valence-corrected chi connectivity index (χ4v) is 2.85. The first kappa shape index (κ1) is 19.7. The molecule has 0 saturated carbocycles. The number of anilines is 1. The van der Waals surface area contributed by atoms with Gasteiger partial charge in [-0.3, -0.25) is 19.8 Å². The topological polar surface area (TPSA) is 99.0 Å². The number of rotatable bonds is 7. The lowest BCUT2D eigenvalue weighted by Gasteiger charge is -2.38. The zero-order valence-electron chi connectivity index (χ0n) is 15.4. The van der Waals surface area contributed by atoms with E-state index in [1.54, 1.807) is 6.92 Å². The van der Waals surface area contributed by atoms with Crippen LogP contribution in [0.1, 0.15) is 40.5 Å². The van der Waals surface area contributed by atoms with Crippen LogP contribution in [-0.4, -0.2) is 35.6 Å². The average molecular weight is 364 g/mol. The molecule has 0 saturated heterocycles. The molecular formula is C18H24N2O6. The van der Waals surface area contributed by atoms with Gasteiger partial charge in [0.1, 0.15) is 11.8 Å². The summed E-state index contributed by atoms with van der Waals surface area (Å²) < 4.78 is 11.0. The van der Waals surface area contributed by atoms with Crippen molar-refractivity contribution in [2.24, 2.45) is 5.92 Å². The van der Waals surface area contributed by atoms with Crippen LogP contribution in [0.5, 0.6) is 5.75 Å². The van der Waals surface area contributed by atoms with Crippen molar-refractivity contribution in [2.75, 3.05) is 11.5 Å². The summed E-state index contributed by atoms with van der Waals surface area (Å²) in [5.74, 6) is -0.703. The van der Waals surface area contributed by atoms with E-state index >= 15 is 0 Å². The number of amides is 1. The second-order valence-electron chi connectivity index (χ2n) is 6.49. The summed E-state index contributed by atoms with van der Waals surface area (Å²) in [4.78, 5) is 37.4. The Morgan fingerprint density at radius 1 is 1.38 bits per heavy atom. The number of carbonyl (C=O) groups is 2. The van der Waals surface area contributed by atoms with Crippen LogP contribution in [-0.2, 0) is 14.3 Å². The zero-order chi connectivity index (χ0) is 19.4. The maximum atomic E-state index is 13.0. The molecule has 8 nitrogen and oxygen atoms in total. The third kappa shape index (κ3) is 3.79. The van der Waals surface area contributed by atoms with E-state index in [1.807, 2.05) is 20.8 Å². The van der Waals surface area contributed by atoms with Crippen LogP contribution in [0.25, 0.3) is 0 Å². The van der Waals surface area contributed by atoms with Gasteiger partial charge in [0.2, 0.25) is 0 Å². The second kappa shape index (κ2) is 8.16. The molecule has 0 N–H and O–H groups in total. The highest BCUT2D eigenvalue weighted by Crippen LogP contribution is 2.40. The molecule has 8 heteroatoms. The molecule has 0 fully saturated rings. The first-order valence-corrected chi connectivity index (χ1v) is 8.76. The van der Waals surface area contributed by atoms with Crippen molar-refractivity contribution in [1.82, 2.24) is 0 Å². The molecule has 1 aromatic carbocycles. The zero-order valence-corrected chi connectivity index (χ0v) is 15.4. The molecule has 0 bridgehead atoms. The van der Waals surface area contributed by atoms with E-state index < -0.39 is 28.9 Å². The van der Waals surface area contributed by atoms with Crippen molar-refractivity contribution in [2.45, 2.75) is 52.7 Å². The van der Waals surface area contributed by atoms with Gasteiger partial charge in [-0.2, -0.15) is 0 Å². The fourth-order valence-electron chi connectivity index (χ4n) is 2.85. The lowest BCUT2D eigenvalue weighted by atomic mass is 10.0. The molecule has 2 unspecified atom stereocenters. The Bertz CT molecular complexity index is 703. The molecule has 26 heavy (non-hydrogen) atoms. The SMILES string of the molecule is CCCOC(=O)C(CC)N1C(=O)C(C(C)C)Oc2ccc([N+](=O)[O-])cc21. The summed E-state index contributed by atoms with van der Waals surface area (Å²) in [7, 11) is 0. The Morgan fingerprint density at radius 2 is 2.08 bits per heavy atom. The number of nitro benzene ring substituents is 1. The van der Waals surface area contributed by atoms with Gasteiger partial charge >= 0.3 is 5.97 Å². The van der Waals surface area contributed by atoms with Gasteiger partial charge in [0.25, 0.3) is 11.6 Å². The lowest BCUT2D eigenvalue weighted by Crippen LogP contribution is -2.55. The number of nitrogens with zero attached hydrogens (tertiary/aromatic N) is 2. The summed E-state index contributed by atoms with van der Waals surface area (Å²) in [6.07, 6.45) is 0.217. The monoisotopic (exact) mass is 364 g/mol. The number of carbonyl (C=O) groups excluding carboxylic acids is 2. The highest BCUT2D eigenvalue weighted by Gasteiger charge is 2.42. The summed E-state index contributed by atoms with van der Waals surface area (Å²) in [5, 5.41) is 11.1. The van der Waals surface area contributed by atoms with E-state index in [2.05, 4.69) is 0 Å². The number of benzene rings is 1. The molecule has 0 aliphatic carbocycles. The predicted octanol–water partition coefficient (Wildman–Crippen LogP) is 3.08. The largest absolute Gasteiger partial charge is 0.478 e. The van der Waals surface area contributed by atoms with E-state index in [-0.39, 0.29) is 23.9 Å². The Kier molecular flexibility index (Phi) is 6.18. The Labute approximate surface area is 152 Å². The predicted molar refractivity (Wildman–Crippen MR) is 95.2 cm³/mol. The van der Waals surface area contributed by atoms with Crippen molar-refractivity contribution in [3.8, 4) is 5.75 Å². The molecule has 0 radical (unpaired) electrons. The number of fused-ring (bicyclic) bond motifs is 1. The first-order chi connectivity index (χ1) is 12.3. The number of hydrogen-bond donors (Lipinski definition) is 0. The van der Waals surface area contributed by atoms with Gasteiger partial charge in [0.15, 0.2) is 6.10 Å². The van der Waals surface area contributed by atoms with E-state index in [4.69, 9.17) is 9.47 Å². The molecule has 1 amide bonds. The Hall–Kier alpha value is -2.64. The van der Waals surface area contributed by atoms with Crippen molar-refractivity contribution >= 4 is 23.3 Å². The van der Waals surface area contributed by atoms with Gasteiger partial charge in [-0.05, 0) is 24.8 Å². The Balaban J connectivity index is 2.53. The maximum Gasteiger partial charge on any atom is 0.329 e. The van der Waals surface area contributed by atoms with Gasteiger partial charge in [0.05, 0.1) is 17.2 Å². The number of nitro groups is 1. The van der Waals surface area contributed by atoms with Crippen molar-refractivity contribution in [1.29, 1.82) is 0 Å². The number of hydrogen-bond acceptors (Lipinski definition) is 6. The molecule has 1 heterocycles. The highest BCUT2D eigenvalue weighted by atomic mass is 16.6. The van der Waals surface area contributed by atoms with Crippen LogP contribution >= 0.6 is 0 Å². The maximum absolute atomic E-state index is 13.0. The van der Waals surface area contributed by atoms with Crippen LogP contribution < -0.4 is 9.64 Å². The second-order valence-corrected chi connectivity index (χ2v) is 6.49. The molecular weight excluding hydrogens is 340 g/mol. The molecule has 0 aromatic heterocycles. The van der Waals surface area contributed by atoms with Crippen molar-refractivity contribution in [3.63, 3.8) is 0 Å². The van der Waals surface area contributed by atoms with Crippen molar-refractivity contribution < 1.29 is 24.0 Å². The molecule has 2 rings (SSSR count). The summed E-state index contributed by atoms with van der Waals surface area (Å²) >= 11 is 0. The summed E-state index contributed by atoms with van der Waals surface area (Å²) in [6, 6.07) is 3.19. The third-order valence-electron chi connectivity index (χ3n) is 4.17. The van der Waals surface area contributed by atoms with E-state index in [0.29, 0.717) is 18.6 Å². The minimum Gasteiger partial charge on any atom is -0.478 e. The number of esters is 1. The van der Waals surface area contributed by atoms with Crippen LogP contribution in [0.3, 0.4) is 0 Å². The van der Waals surface area contributed by atoms with E-state index in [9.17, 15) is 19.7 Å². The lowest BCUT2D eigenvalue weighted by molar-refractivity contribution is -0.384. The van der Waals surface area contributed by atoms with Crippen LogP contribution in [0, 0.1) is 16.0 Å². The average Bonchev–Trinajstić information content (AvgIpc) is 2.61. The molecule has 1 aliphatic rings. The number of non-ortho nitro benzene ring substituents is 1. The minimum absolute atomic E-state index is 0.127. The normalized spacial score (nSPS) is 17.5.